The first-order valence-corrected chi connectivity index (χ1v) is 7.30. The highest BCUT2D eigenvalue weighted by atomic mass is 16.5. The van der Waals surface area contributed by atoms with Crippen molar-refractivity contribution in [2.24, 2.45) is 5.73 Å². The summed E-state index contributed by atoms with van der Waals surface area (Å²) in [5, 5.41) is 0. The fourth-order valence-electron chi connectivity index (χ4n) is 2.79. The maximum Gasteiger partial charge on any atom is 0.165 e. The monoisotopic (exact) mass is 296 g/mol. The summed E-state index contributed by atoms with van der Waals surface area (Å²) < 4.78 is 16.2. The topological polar surface area (TPSA) is 57.0 Å². The van der Waals surface area contributed by atoms with E-state index in [0.717, 1.165) is 23.6 Å². The molecule has 21 heavy (non-hydrogen) atoms. The number of hydrogen-bond donors (Lipinski definition) is 1. The Morgan fingerprint density at radius 2 is 1.90 bits per heavy atom. The van der Waals surface area contributed by atoms with Crippen molar-refractivity contribution in [2.75, 3.05) is 41.0 Å². The minimum Gasteiger partial charge on any atom is -0.493 e. The Labute approximate surface area is 128 Å². The summed E-state index contributed by atoms with van der Waals surface area (Å²) in [6, 6.07) is 6.23. The molecule has 0 amide bonds. The maximum absolute atomic E-state index is 6.05. The molecule has 0 spiro atoms. The van der Waals surface area contributed by atoms with E-state index in [1.807, 2.05) is 18.2 Å². The molecule has 0 saturated carbocycles. The summed E-state index contributed by atoms with van der Waals surface area (Å²) in [5.41, 5.74) is 7.10. The molecule has 0 aliphatic rings. The van der Waals surface area contributed by atoms with Gasteiger partial charge >= 0.3 is 0 Å². The zero-order chi connectivity index (χ0) is 15.8. The van der Waals surface area contributed by atoms with Crippen LogP contribution in [0.4, 0.5) is 0 Å². The van der Waals surface area contributed by atoms with Crippen LogP contribution in [-0.2, 0) is 4.74 Å². The SMILES string of the molecule is CCN(C(C)COC)C(CN)c1cccc(OC)c1OC. The molecule has 0 aliphatic carbocycles. The van der Waals surface area contributed by atoms with Crippen LogP contribution in [0.25, 0.3) is 0 Å². The van der Waals surface area contributed by atoms with E-state index in [1.54, 1.807) is 21.3 Å². The van der Waals surface area contributed by atoms with E-state index in [-0.39, 0.29) is 12.1 Å². The minimum atomic E-state index is 0.0604. The molecule has 120 valence electrons. The standard InChI is InChI=1S/C16H28N2O3/c1-6-18(12(2)11-19-3)14(10-17)13-8-7-9-15(20-4)16(13)21-5/h7-9,12,14H,6,10-11,17H2,1-5H3. The Bertz CT molecular complexity index is 426. The second-order valence-corrected chi connectivity index (χ2v) is 4.97. The number of nitrogens with zero attached hydrogens (tertiary/aromatic N) is 1. The predicted molar refractivity (Wildman–Crippen MR) is 85.1 cm³/mol. The lowest BCUT2D eigenvalue weighted by molar-refractivity contribution is 0.0742. The number of para-hydroxylation sites is 1. The molecule has 0 saturated heterocycles. The van der Waals surface area contributed by atoms with E-state index >= 15 is 0 Å². The highest BCUT2D eigenvalue weighted by molar-refractivity contribution is 5.48. The minimum absolute atomic E-state index is 0.0604. The molecule has 0 heterocycles. The Morgan fingerprint density at radius 1 is 1.19 bits per heavy atom. The van der Waals surface area contributed by atoms with Gasteiger partial charge < -0.3 is 19.9 Å². The van der Waals surface area contributed by atoms with Crippen molar-refractivity contribution in [1.82, 2.24) is 4.90 Å². The molecule has 0 radical (unpaired) electrons. The largest absolute Gasteiger partial charge is 0.493 e. The van der Waals surface area contributed by atoms with Crippen LogP contribution >= 0.6 is 0 Å². The second-order valence-electron chi connectivity index (χ2n) is 4.97. The average molecular weight is 296 g/mol. The van der Waals surface area contributed by atoms with Crippen molar-refractivity contribution in [3.8, 4) is 11.5 Å². The molecular formula is C16H28N2O3. The van der Waals surface area contributed by atoms with E-state index in [0.29, 0.717) is 13.2 Å². The third-order valence-electron chi connectivity index (χ3n) is 3.76. The quantitative estimate of drug-likeness (QED) is 0.756. The normalized spacial score (nSPS) is 14.0. The summed E-state index contributed by atoms with van der Waals surface area (Å²) >= 11 is 0. The molecule has 0 aromatic heterocycles. The predicted octanol–water partition coefficient (Wildman–Crippen LogP) is 2.06. The first-order chi connectivity index (χ1) is 10.1. The lowest BCUT2D eigenvalue weighted by atomic mass is 10.0. The van der Waals surface area contributed by atoms with Crippen LogP contribution in [0.2, 0.25) is 0 Å². The van der Waals surface area contributed by atoms with Crippen LogP contribution in [0.5, 0.6) is 11.5 Å². The molecule has 1 aromatic rings. The van der Waals surface area contributed by atoms with Crippen molar-refractivity contribution in [3.05, 3.63) is 23.8 Å². The number of ether oxygens (including phenoxy) is 3. The molecule has 1 rings (SSSR count). The zero-order valence-electron chi connectivity index (χ0n) is 13.8. The van der Waals surface area contributed by atoms with Gasteiger partial charge in [-0.2, -0.15) is 0 Å². The van der Waals surface area contributed by atoms with E-state index in [1.165, 1.54) is 0 Å². The van der Waals surface area contributed by atoms with Crippen LogP contribution < -0.4 is 15.2 Å². The van der Waals surface area contributed by atoms with Crippen LogP contribution in [0.15, 0.2) is 18.2 Å². The van der Waals surface area contributed by atoms with Crippen molar-refractivity contribution >= 4 is 0 Å². The number of nitrogens with two attached hydrogens (primary N) is 1. The molecule has 5 heteroatoms. The van der Waals surface area contributed by atoms with Gasteiger partial charge in [0.15, 0.2) is 11.5 Å². The fourth-order valence-corrected chi connectivity index (χ4v) is 2.79. The van der Waals surface area contributed by atoms with Crippen LogP contribution in [0.3, 0.4) is 0 Å². The molecule has 1 aromatic carbocycles. The number of rotatable bonds is 9. The van der Waals surface area contributed by atoms with Crippen LogP contribution in [0.1, 0.15) is 25.5 Å². The van der Waals surface area contributed by atoms with Gasteiger partial charge in [0.05, 0.1) is 26.9 Å². The maximum atomic E-state index is 6.05. The van der Waals surface area contributed by atoms with Crippen LogP contribution in [-0.4, -0.2) is 52.0 Å². The van der Waals surface area contributed by atoms with Gasteiger partial charge in [-0.05, 0) is 19.5 Å². The summed E-state index contributed by atoms with van der Waals surface area (Å²) in [6.07, 6.45) is 0. The average Bonchev–Trinajstić information content (AvgIpc) is 2.51. The molecule has 0 aliphatic heterocycles. The second kappa shape index (κ2) is 8.87. The van der Waals surface area contributed by atoms with Gasteiger partial charge in [-0.1, -0.05) is 19.1 Å². The van der Waals surface area contributed by atoms with Gasteiger partial charge in [0.1, 0.15) is 0 Å². The highest BCUT2D eigenvalue weighted by Gasteiger charge is 2.26. The Balaban J connectivity index is 3.19. The van der Waals surface area contributed by atoms with Crippen molar-refractivity contribution in [2.45, 2.75) is 25.9 Å². The first-order valence-electron chi connectivity index (χ1n) is 7.30. The van der Waals surface area contributed by atoms with Crippen molar-refractivity contribution in [3.63, 3.8) is 0 Å². The number of hydrogen-bond acceptors (Lipinski definition) is 5. The van der Waals surface area contributed by atoms with Gasteiger partial charge in [-0.15, -0.1) is 0 Å². The van der Waals surface area contributed by atoms with E-state index in [9.17, 15) is 0 Å². The van der Waals surface area contributed by atoms with E-state index in [4.69, 9.17) is 19.9 Å². The molecule has 0 fully saturated rings. The first kappa shape index (κ1) is 17.8. The Morgan fingerprint density at radius 3 is 2.38 bits per heavy atom. The van der Waals surface area contributed by atoms with Gasteiger partial charge in [-0.25, -0.2) is 0 Å². The van der Waals surface area contributed by atoms with Gasteiger partial charge in [0, 0.05) is 25.3 Å². The smallest absolute Gasteiger partial charge is 0.165 e. The van der Waals surface area contributed by atoms with Crippen molar-refractivity contribution in [1.29, 1.82) is 0 Å². The van der Waals surface area contributed by atoms with E-state index in [2.05, 4.69) is 18.7 Å². The fraction of sp³-hybridized carbons (Fsp3) is 0.625. The number of benzene rings is 1. The third-order valence-corrected chi connectivity index (χ3v) is 3.76. The van der Waals surface area contributed by atoms with E-state index < -0.39 is 0 Å². The molecule has 5 nitrogen and oxygen atoms in total. The summed E-state index contributed by atoms with van der Waals surface area (Å²) in [4.78, 5) is 2.32. The summed E-state index contributed by atoms with van der Waals surface area (Å²) in [6.45, 7) is 6.32. The summed E-state index contributed by atoms with van der Waals surface area (Å²) in [7, 11) is 5.02. The molecule has 2 atom stereocenters. The number of methoxy groups -OCH3 is 3. The zero-order valence-corrected chi connectivity index (χ0v) is 13.8. The lowest BCUT2D eigenvalue weighted by Gasteiger charge is -2.35. The van der Waals surface area contributed by atoms with Gasteiger partial charge in [0.2, 0.25) is 0 Å². The Hall–Kier alpha value is -1.30. The molecule has 2 unspecified atom stereocenters. The molecular weight excluding hydrogens is 268 g/mol. The lowest BCUT2D eigenvalue weighted by Crippen LogP contribution is -2.42. The van der Waals surface area contributed by atoms with Gasteiger partial charge in [-0.3, -0.25) is 4.90 Å². The van der Waals surface area contributed by atoms with Crippen molar-refractivity contribution < 1.29 is 14.2 Å². The Kier molecular flexibility index (Phi) is 7.50. The van der Waals surface area contributed by atoms with Crippen LogP contribution in [0, 0.1) is 0 Å². The third kappa shape index (κ3) is 4.09. The number of likely N-dealkylation sites (N-methyl/N-ethyl adjacent to an activating group) is 1. The molecule has 0 bridgehead atoms. The molecule has 2 N–H and O–H groups in total. The summed E-state index contributed by atoms with van der Waals surface area (Å²) in [5.74, 6) is 1.47. The highest BCUT2D eigenvalue weighted by Crippen LogP contribution is 2.37. The van der Waals surface area contributed by atoms with Gasteiger partial charge in [0.25, 0.3) is 0 Å².